The lowest BCUT2D eigenvalue weighted by molar-refractivity contribution is 0.0219. The van der Waals surface area contributed by atoms with Gasteiger partial charge in [0.2, 0.25) is 0 Å². The first-order valence-corrected chi connectivity index (χ1v) is 8.95. The fourth-order valence-corrected chi connectivity index (χ4v) is 2.52. The van der Waals surface area contributed by atoms with Crippen molar-refractivity contribution in [3.8, 4) is 22.9 Å². The SMILES string of the molecule is CCOc1ccc(-c2cncc(C(=O)NOCc3cc(OC)ccc3F)n2)c(=O)[nH]1. The van der Waals surface area contributed by atoms with Gasteiger partial charge in [-0.25, -0.2) is 14.9 Å². The zero-order valence-corrected chi connectivity index (χ0v) is 16.3. The molecule has 3 aromatic rings. The molecule has 0 bridgehead atoms. The molecule has 9 nitrogen and oxygen atoms in total. The van der Waals surface area contributed by atoms with Crippen molar-refractivity contribution in [2.45, 2.75) is 13.5 Å². The van der Waals surface area contributed by atoms with Gasteiger partial charge in [0.1, 0.15) is 23.9 Å². The highest BCUT2D eigenvalue weighted by molar-refractivity contribution is 5.91. The van der Waals surface area contributed by atoms with Crippen LogP contribution in [0.15, 0.2) is 47.5 Å². The van der Waals surface area contributed by atoms with Crippen LogP contribution in [-0.2, 0) is 11.4 Å². The summed E-state index contributed by atoms with van der Waals surface area (Å²) >= 11 is 0. The van der Waals surface area contributed by atoms with Gasteiger partial charge in [0.15, 0.2) is 5.88 Å². The van der Waals surface area contributed by atoms with Gasteiger partial charge in [0, 0.05) is 5.56 Å². The summed E-state index contributed by atoms with van der Waals surface area (Å²) in [5.74, 6) is -0.414. The summed E-state index contributed by atoms with van der Waals surface area (Å²) in [4.78, 5) is 40.3. The zero-order chi connectivity index (χ0) is 21.5. The number of benzene rings is 1. The van der Waals surface area contributed by atoms with Gasteiger partial charge in [-0.05, 0) is 37.3 Å². The van der Waals surface area contributed by atoms with Crippen LogP contribution in [0.3, 0.4) is 0 Å². The number of aromatic amines is 1. The van der Waals surface area contributed by atoms with Gasteiger partial charge in [0.25, 0.3) is 11.5 Å². The number of nitrogens with zero attached hydrogens (tertiary/aromatic N) is 2. The Morgan fingerprint density at radius 3 is 2.80 bits per heavy atom. The Kier molecular flexibility index (Phi) is 6.71. The second-order valence-electron chi connectivity index (χ2n) is 5.97. The molecule has 10 heteroatoms. The van der Waals surface area contributed by atoms with Crippen molar-refractivity contribution in [1.29, 1.82) is 0 Å². The topological polar surface area (TPSA) is 115 Å². The number of hydrogen-bond acceptors (Lipinski definition) is 7. The van der Waals surface area contributed by atoms with E-state index in [-0.39, 0.29) is 29.1 Å². The van der Waals surface area contributed by atoms with E-state index >= 15 is 0 Å². The van der Waals surface area contributed by atoms with E-state index in [0.29, 0.717) is 18.2 Å². The lowest BCUT2D eigenvalue weighted by Crippen LogP contribution is -2.25. The molecule has 0 saturated heterocycles. The first-order chi connectivity index (χ1) is 14.5. The van der Waals surface area contributed by atoms with E-state index in [4.69, 9.17) is 14.3 Å². The predicted octanol–water partition coefficient (Wildman–Crippen LogP) is 2.24. The molecule has 3 rings (SSSR count). The molecule has 2 aromatic heterocycles. The highest BCUT2D eigenvalue weighted by Gasteiger charge is 2.13. The molecule has 1 aromatic carbocycles. The number of methoxy groups -OCH3 is 1. The van der Waals surface area contributed by atoms with Crippen LogP contribution >= 0.6 is 0 Å². The Labute approximate surface area is 170 Å². The number of hydroxylamine groups is 1. The van der Waals surface area contributed by atoms with Gasteiger partial charge in [0.05, 0.1) is 37.4 Å². The molecule has 0 unspecified atom stereocenters. The Balaban J connectivity index is 1.69. The smallest absolute Gasteiger partial charge is 0.295 e. The highest BCUT2D eigenvalue weighted by Crippen LogP contribution is 2.17. The molecule has 0 spiro atoms. The van der Waals surface area contributed by atoms with E-state index in [1.165, 1.54) is 43.8 Å². The maximum atomic E-state index is 13.8. The van der Waals surface area contributed by atoms with E-state index in [1.54, 1.807) is 13.0 Å². The van der Waals surface area contributed by atoms with Crippen molar-refractivity contribution >= 4 is 5.91 Å². The highest BCUT2D eigenvalue weighted by atomic mass is 19.1. The molecule has 0 aliphatic heterocycles. The third-order valence-corrected chi connectivity index (χ3v) is 3.97. The van der Waals surface area contributed by atoms with Crippen LogP contribution in [0.4, 0.5) is 4.39 Å². The van der Waals surface area contributed by atoms with Gasteiger partial charge in [-0.3, -0.25) is 24.4 Å². The molecule has 156 valence electrons. The number of pyridine rings is 1. The number of amides is 1. The summed E-state index contributed by atoms with van der Waals surface area (Å²) in [6, 6.07) is 7.28. The maximum absolute atomic E-state index is 13.8. The summed E-state index contributed by atoms with van der Waals surface area (Å²) in [6.07, 6.45) is 2.57. The number of ether oxygens (including phenoxy) is 2. The molecule has 0 saturated carbocycles. The van der Waals surface area contributed by atoms with Gasteiger partial charge in [-0.1, -0.05) is 0 Å². The van der Waals surface area contributed by atoms with Crippen molar-refractivity contribution in [2.75, 3.05) is 13.7 Å². The van der Waals surface area contributed by atoms with Crippen molar-refractivity contribution in [3.05, 3.63) is 70.2 Å². The summed E-state index contributed by atoms with van der Waals surface area (Å²) in [5.41, 5.74) is 2.29. The fourth-order valence-electron chi connectivity index (χ4n) is 2.52. The zero-order valence-electron chi connectivity index (χ0n) is 16.3. The lowest BCUT2D eigenvalue weighted by Gasteiger charge is -2.08. The Morgan fingerprint density at radius 1 is 1.23 bits per heavy atom. The number of aromatic nitrogens is 3. The van der Waals surface area contributed by atoms with Crippen LogP contribution < -0.4 is 20.5 Å². The standard InChI is InChI=1S/C20H19FN4O5/c1-3-29-18-7-5-14(19(26)24-18)16-9-22-10-17(23-16)20(27)25-30-11-12-8-13(28-2)4-6-15(12)21/h4-10H,3,11H2,1-2H3,(H,24,26)(H,25,27). The maximum Gasteiger partial charge on any atom is 0.295 e. The minimum absolute atomic E-state index is 0.0769. The average Bonchev–Trinajstić information content (AvgIpc) is 2.75. The van der Waals surface area contributed by atoms with Crippen LogP contribution in [0.1, 0.15) is 23.0 Å². The van der Waals surface area contributed by atoms with Crippen LogP contribution in [0.5, 0.6) is 11.6 Å². The van der Waals surface area contributed by atoms with Gasteiger partial charge in [-0.15, -0.1) is 0 Å². The molecule has 1 amide bonds. The third-order valence-electron chi connectivity index (χ3n) is 3.97. The van der Waals surface area contributed by atoms with Gasteiger partial charge < -0.3 is 9.47 Å². The molecule has 0 radical (unpaired) electrons. The second kappa shape index (κ2) is 9.61. The van der Waals surface area contributed by atoms with E-state index in [2.05, 4.69) is 20.4 Å². The van der Waals surface area contributed by atoms with Crippen LogP contribution in [0, 0.1) is 5.82 Å². The summed E-state index contributed by atoms with van der Waals surface area (Å²) in [6.45, 7) is 1.98. The average molecular weight is 414 g/mol. The molecule has 2 N–H and O–H groups in total. The van der Waals surface area contributed by atoms with Crippen molar-refractivity contribution in [2.24, 2.45) is 0 Å². The molecular formula is C20H19FN4O5. The van der Waals surface area contributed by atoms with E-state index < -0.39 is 17.3 Å². The molecular weight excluding hydrogens is 395 g/mol. The largest absolute Gasteiger partial charge is 0.497 e. The van der Waals surface area contributed by atoms with Gasteiger partial charge >= 0.3 is 0 Å². The number of carbonyl (C=O) groups excluding carboxylic acids is 1. The van der Waals surface area contributed by atoms with E-state index in [0.717, 1.165) is 0 Å². The summed E-state index contributed by atoms with van der Waals surface area (Å²) in [5, 5.41) is 0. The first kappa shape index (κ1) is 20.9. The van der Waals surface area contributed by atoms with Crippen LogP contribution in [0.2, 0.25) is 0 Å². The number of hydrogen-bond donors (Lipinski definition) is 2. The molecule has 0 aliphatic carbocycles. The number of nitrogens with one attached hydrogen (secondary N) is 2. The Bertz CT molecular complexity index is 1100. The van der Waals surface area contributed by atoms with Gasteiger partial charge in [-0.2, -0.15) is 0 Å². The molecule has 30 heavy (non-hydrogen) atoms. The number of carbonyl (C=O) groups is 1. The van der Waals surface area contributed by atoms with Crippen molar-refractivity contribution in [3.63, 3.8) is 0 Å². The van der Waals surface area contributed by atoms with Crippen molar-refractivity contribution < 1.29 is 23.5 Å². The predicted molar refractivity (Wildman–Crippen MR) is 104 cm³/mol. The molecule has 0 atom stereocenters. The Morgan fingerprint density at radius 2 is 2.07 bits per heavy atom. The number of rotatable bonds is 8. The van der Waals surface area contributed by atoms with E-state index in [1.807, 2.05) is 0 Å². The van der Waals surface area contributed by atoms with Crippen LogP contribution in [0.25, 0.3) is 11.3 Å². The minimum atomic E-state index is -0.699. The summed E-state index contributed by atoms with van der Waals surface area (Å²) < 4.78 is 24.1. The molecule has 2 heterocycles. The quantitative estimate of drug-likeness (QED) is 0.543. The Hall–Kier alpha value is -3.79. The molecule has 0 fully saturated rings. The van der Waals surface area contributed by atoms with E-state index in [9.17, 15) is 14.0 Å². The number of H-pyrrole nitrogens is 1. The monoisotopic (exact) mass is 414 g/mol. The fraction of sp³-hybridized carbons (Fsp3) is 0.200. The van der Waals surface area contributed by atoms with Crippen LogP contribution in [-0.4, -0.2) is 34.6 Å². The van der Waals surface area contributed by atoms with Crippen molar-refractivity contribution in [1.82, 2.24) is 20.4 Å². The number of halogens is 1. The minimum Gasteiger partial charge on any atom is -0.497 e. The first-order valence-electron chi connectivity index (χ1n) is 8.95. The summed E-state index contributed by atoms with van der Waals surface area (Å²) in [7, 11) is 1.46. The normalized spacial score (nSPS) is 10.5. The second-order valence-corrected chi connectivity index (χ2v) is 5.97. The lowest BCUT2D eigenvalue weighted by atomic mass is 10.2. The third kappa shape index (κ3) is 4.97. The molecule has 0 aliphatic rings.